The largest absolute Gasteiger partial charge is 0.0890 e. The fourth-order valence-electron chi connectivity index (χ4n) is 2.62. The Balaban J connectivity index is 1.91. The van der Waals surface area contributed by atoms with Gasteiger partial charge in [0.25, 0.3) is 0 Å². The molecule has 0 saturated carbocycles. The molecule has 113 valence electrons. The van der Waals surface area contributed by atoms with Crippen LogP contribution in [0.3, 0.4) is 0 Å². The normalized spacial score (nSPS) is 10.9. The fraction of sp³-hybridized carbons (Fsp3) is 0.684. The average Bonchev–Trinajstić information content (AvgIpc) is 2.50. The summed E-state index contributed by atoms with van der Waals surface area (Å²) in [4.78, 5) is 0. The summed E-state index contributed by atoms with van der Waals surface area (Å²) in [6.45, 7) is 2.28. The molecule has 1 rings (SSSR count). The van der Waals surface area contributed by atoms with Gasteiger partial charge < -0.3 is 0 Å². The Bertz CT molecular complexity index is 315. The molecule has 0 nitrogen and oxygen atoms in total. The lowest BCUT2D eigenvalue weighted by atomic mass is 10.0. The molecule has 0 saturated heterocycles. The highest BCUT2D eigenvalue weighted by Gasteiger charge is 1.96. The van der Waals surface area contributed by atoms with Gasteiger partial charge in [0.15, 0.2) is 0 Å². The van der Waals surface area contributed by atoms with Crippen molar-refractivity contribution in [3.05, 3.63) is 35.4 Å². The standard InChI is InChI=1S/C19H31S/c1-2-3-4-5-6-7-8-9-10-11-12-18-13-15-19(17-20)16-14-18/h13-16H,2-12,17H2,1H3. The quantitative estimate of drug-likeness (QED) is 0.369. The molecule has 0 aliphatic carbocycles. The highest BCUT2D eigenvalue weighted by Crippen LogP contribution is 2.13. The van der Waals surface area contributed by atoms with Gasteiger partial charge >= 0.3 is 0 Å². The maximum atomic E-state index is 5.04. The van der Waals surface area contributed by atoms with Crippen molar-refractivity contribution in [2.75, 3.05) is 0 Å². The van der Waals surface area contributed by atoms with Crippen LogP contribution in [0.5, 0.6) is 0 Å². The summed E-state index contributed by atoms with van der Waals surface area (Å²) in [6, 6.07) is 8.85. The van der Waals surface area contributed by atoms with Crippen LogP contribution < -0.4 is 0 Å². The first-order valence-corrected chi connectivity index (χ1v) is 9.10. The molecule has 1 heteroatoms. The highest BCUT2D eigenvalue weighted by molar-refractivity contribution is 7.79. The Morgan fingerprint density at radius 2 is 1.10 bits per heavy atom. The van der Waals surface area contributed by atoms with Crippen LogP contribution in [-0.4, -0.2) is 0 Å². The van der Waals surface area contributed by atoms with Crippen molar-refractivity contribution in [1.29, 1.82) is 0 Å². The van der Waals surface area contributed by atoms with E-state index >= 15 is 0 Å². The van der Waals surface area contributed by atoms with E-state index in [1.54, 1.807) is 0 Å². The van der Waals surface area contributed by atoms with Gasteiger partial charge in [-0.05, 0) is 24.0 Å². The minimum atomic E-state index is 0.735. The van der Waals surface area contributed by atoms with E-state index < -0.39 is 0 Å². The first-order chi connectivity index (χ1) is 9.86. The van der Waals surface area contributed by atoms with E-state index in [-0.39, 0.29) is 0 Å². The first kappa shape index (κ1) is 17.6. The Morgan fingerprint density at radius 1 is 0.650 bits per heavy atom. The van der Waals surface area contributed by atoms with E-state index in [4.69, 9.17) is 12.6 Å². The molecule has 0 amide bonds. The third-order valence-electron chi connectivity index (χ3n) is 4.01. The molecule has 0 aliphatic heterocycles. The third kappa shape index (κ3) is 8.68. The summed E-state index contributed by atoms with van der Waals surface area (Å²) in [5.41, 5.74) is 2.74. The first-order valence-electron chi connectivity index (χ1n) is 8.52. The molecule has 1 radical (unpaired) electrons. The minimum absolute atomic E-state index is 0.735. The SMILES string of the molecule is CCCCCCCCCCCCc1ccc(C[S])cc1. The molecule has 0 fully saturated rings. The van der Waals surface area contributed by atoms with E-state index in [1.807, 2.05) is 0 Å². The van der Waals surface area contributed by atoms with Crippen molar-refractivity contribution in [2.45, 2.75) is 83.3 Å². The number of hydrogen-bond acceptors (Lipinski definition) is 0. The molecule has 20 heavy (non-hydrogen) atoms. The summed E-state index contributed by atoms with van der Waals surface area (Å²) < 4.78 is 0. The zero-order valence-corrected chi connectivity index (χ0v) is 14.0. The van der Waals surface area contributed by atoms with Gasteiger partial charge in [-0.25, -0.2) is 0 Å². The molecule has 1 aromatic rings. The lowest BCUT2D eigenvalue weighted by Crippen LogP contribution is -1.87. The molecule has 0 spiro atoms. The number of benzene rings is 1. The number of unbranched alkanes of at least 4 members (excludes halogenated alkanes) is 9. The fourth-order valence-corrected chi connectivity index (χ4v) is 2.81. The van der Waals surface area contributed by atoms with Crippen LogP contribution >= 0.6 is 12.6 Å². The Morgan fingerprint density at radius 3 is 1.60 bits per heavy atom. The van der Waals surface area contributed by atoms with E-state index in [0.29, 0.717) is 0 Å². The zero-order chi connectivity index (χ0) is 14.5. The molecule has 0 aliphatic rings. The molecule has 0 N–H and O–H groups in total. The number of aryl methyl sites for hydroxylation is 1. The van der Waals surface area contributed by atoms with Gasteiger partial charge in [0.05, 0.1) is 0 Å². The van der Waals surface area contributed by atoms with Crippen molar-refractivity contribution in [1.82, 2.24) is 0 Å². The second kappa shape index (κ2) is 12.3. The lowest BCUT2D eigenvalue weighted by molar-refractivity contribution is 0.556. The van der Waals surface area contributed by atoms with Crippen LogP contribution in [0.4, 0.5) is 0 Å². The van der Waals surface area contributed by atoms with Crippen LogP contribution in [-0.2, 0) is 12.2 Å². The Labute approximate surface area is 131 Å². The maximum Gasteiger partial charge on any atom is 0.0288 e. The summed E-state index contributed by atoms with van der Waals surface area (Å²) in [5.74, 6) is 0.735. The van der Waals surface area contributed by atoms with Crippen LogP contribution in [0.1, 0.15) is 82.3 Å². The molecule has 1 aromatic carbocycles. The van der Waals surface area contributed by atoms with Gasteiger partial charge in [0.2, 0.25) is 0 Å². The van der Waals surface area contributed by atoms with Gasteiger partial charge in [-0.1, -0.05) is 102 Å². The summed E-state index contributed by atoms with van der Waals surface area (Å²) in [5, 5.41) is 0. The van der Waals surface area contributed by atoms with Crippen molar-refractivity contribution in [3.8, 4) is 0 Å². The predicted molar refractivity (Wildman–Crippen MR) is 93.3 cm³/mol. The summed E-state index contributed by atoms with van der Waals surface area (Å²) in [7, 11) is 0. The smallest absolute Gasteiger partial charge is 0.0288 e. The van der Waals surface area contributed by atoms with Gasteiger partial charge in [-0.15, -0.1) is 0 Å². The van der Waals surface area contributed by atoms with Crippen LogP contribution in [0, 0.1) is 0 Å². The molecule has 0 heterocycles. The molecule has 0 bridgehead atoms. The maximum absolute atomic E-state index is 5.04. The monoisotopic (exact) mass is 291 g/mol. The van der Waals surface area contributed by atoms with Gasteiger partial charge in [0, 0.05) is 5.75 Å². The highest BCUT2D eigenvalue weighted by atomic mass is 32.1. The molecule has 0 aromatic heterocycles. The second-order valence-corrected chi connectivity index (χ2v) is 6.18. The topological polar surface area (TPSA) is 0 Å². The van der Waals surface area contributed by atoms with E-state index in [1.165, 1.54) is 81.8 Å². The summed E-state index contributed by atoms with van der Waals surface area (Å²) >= 11 is 5.04. The molecular weight excluding hydrogens is 260 g/mol. The van der Waals surface area contributed by atoms with Gasteiger partial charge in [-0.3, -0.25) is 0 Å². The van der Waals surface area contributed by atoms with Gasteiger partial charge in [0.1, 0.15) is 0 Å². The summed E-state index contributed by atoms with van der Waals surface area (Å²) in [6.07, 6.45) is 15.4. The predicted octanol–water partition coefficient (Wildman–Crippen LogP) is 6.85. The average molecular weight is 292 g/mol. The lowest BCUT2D eigenvalue weighted by Gasteiger charge is -2.04. The minimum Gasteiger partial charge on any atom is -0.0890 e. The van der Waals surface area contributed by atoms with Crippen LogP contribution in [0.25, 0.3) is 0 Å². The molecule has 0 atom stereocenters. The van der Waals surface area contributed by atoms with Crippen molar-refractivity contribution >= 4 is 12.6 Å². The van der Waals surface area contributed by atoms with E-state index in [0.717, 1.165) is 5.75 Å². The zero-order valence-electron chi connectivity index (χ0n) is 13.2. The Hall–Kier alpha value is -0.430. The van der Waals surface area contributed by atoms with Crippen LogP contribution in [0.15, 0.2) is 24.3 Å². The van der Waals surface area contributed by atoms with E-state index in [2.05, 4.69) is 31.2 Å². The van der Waals surface area contributed by atoms with Crippen molar-refractivity contribution in [2.24, 2.45) is 0 Å². The molecular formula is C19H31S. The third-order valence-corrected chi connectivity index (χ3v) is 4.34. The Kier molecular flexibility index (Phi) is 10.9. The van der Waals surface area contributed by atoms with Crippen molar-refractivity contribution in [3.63, 3.8) is 0 Å². The van der Waals surface area contributed by atoms with E-state index in [9.17, 15) is 0 Å². The van der Waals surface area contributed by atoms with Crippen LogP contribution in [0.2, 0.25) is 0 Å². The number of rotatable bonds is 12. The second-order valence-electron chi connectivity index (χ2n) is 5.89. The van der Waals surface area contributed by atoms with Gasteiger partial charge in [-0.2, -0.15) is 0 Å². The van der Waals surface area contributed by atoms with Crippen molar-refractivity contribution < 1.29 is 0 Å². The molecule has 0 unspecified atom stereocenters. The number of hydrogen-bond donors (Lipinski definition) is 0.